The molecule has 8 heteroatoms. The molecule has 1 aliphatic heterocycles. The number of nitrogens with one attached hydrogen (secondary N) is 2. The first-order valence-corrected chi connectivity index (χ1v) is 8.49. The van der Waals surface area contributed by atoms with Crippen LogP contribution in [0.15, 0.2) is 40.1 Å². The highest BCUT2D eigenvalue weighted by atomic mass is 16.5. The highest BCUT2D eigenvalue weighted by Gasteiger charge is 2.24. The first-order chi connectivity index (χ1) is 12.5. The number of anilines is 1. The topological polar surface area (TPSA) is 96.4 Å². The average Bonchev–Trinajstić information content (AvgIpc) is 2.66. The summed E-state index contributed by atoms with van der Waals surface area (Å²) in [7, 11) is 2.99. The van der Waals surface area contributed by atoms with Crippen molar-refractivity contribution in [3.05, 3.63) is 56.9 Å². The molecule has 0 saturated carbocycles. The predicted molar refractivity (Wildman–Crippen MR) is 98.0 cm³/mol. The van der Waals surface area contributed by atoms with E-state index < -0.39 is 17.2 Å². The van der Waals surface area contributed by atoms with E-state index in [4.69, 9.17) is 4.74 Å². The van der Waals surface area contributed by atoms with Crippen LogP contribution in [0.2, 0.25) is 0 Å². The van der Waals surface area contributed by atoms with Gasteiger partial charge >= 0.3 is 5.69 Å². The summed E-state index contributed by atoms with van der Waals surface area (Å²) in [4.78, 5) is 40.4. The summed E-state index contributed by atoms with van der Waals surface area (Å²) in [5.41, 5.74) is -0.164. The number of hydrogen-bond acceptors (Lipinski definition) is 5. The Labute approximate surface area is 150 Å². The van der Waals surface area contributed by atoms with E-state index in [1.807, 2.05) is 24.3 Å². The Balaban J connectivity index is 1.64. The first kappa shape index (κ1) is 17.8. The lowest BCUT2D eigenvalue weighted by molar-refractivity contribution is 0.0928. The monoisotopic (exact) mass is 358 g/mol. The lowest BCUT2D eigenvalue weighted by atomic mass is 10.0. The van der Waals surface area contributed by atoms with Gasteiger partial charge in [0.05, 0.1) is 12.8 Å². The molecule has 2 heterocycles. The summed E-state index contributed by atoms with van der Waals surface area (Å²) in [6.07, 6.45) is 2.69. The van der Waals surface area contributed by atoms with Gasteiger partial charge in [0, 0.05) is 32.4 Å². The number of methoxy groups -OCH3 is 1. The first-order valence-electron chi connectivity index (χ1n) is 8.49. The largest absolute Gasteiger partial charge is 0.495 e. The van der Waals surface area contributed by atoms with Gasteiger partial charge in [-0.05, 0) is 25.0 Å². The van der Waals surface area contributed by atoms with Crippen molar-refractivity contribution in [1.82, 2.24) is 14.9 Å². The van der Waals surface area contributed by atoms with Gasteiger partial charge in [-0.15, -0.1) is 0 Å². The number of rotatable bonds is 4. The Bertz CT molecular complexity index is 910. The SMILES string of the molecule is COc1ccccc1N1CCC(NC(=O)c2c[nH]c(=O)n(C)c2=O)CC1. The minimum Gasteiger partial charge on any atom is -0.495 e. The molecule has 1 aliphatic rings. The Hall–Kier alpha value is -3.03. The molecule has 0 bridgehead atoms. The molecule has 0 radical (unpaired) electrons. The van der Waals surface area contributed by atoms with E-state index in [2.05, 4.69) is 15.2 Å². The van der Waals surface area contributed by atoms with Crippen LogP contribution < -0.4 is 26.2 Å². The fourth-order valence-corrected chi connectivity index (χ4v) is 3.15. The second-order valence-corrected chi connectivity index (χ2v) is 6.28. The molecule has 0 aliphatic carbocycles. The molecule has 0 spiro atoms. The number of amides is 1. The van der Waals surface area contributed by atoms with Crippen molar-refractivity contribution in [1.29, 1.82) is 0 Å². The molecule has 1 aromatic carbocycles. The van der Waals surface area contributed by atoms with Crippen LogP contribution in [0, 0.1) is 0 Å². The van der Waals surface area contributed by atoms with Crippen LogP contribution >= 0.6 is 0 Å². The van der Waals surface area contributed by atoms with E-state index in [1.54, 1.807) is 7.11 Å². The predicted octanol–water partition coefficient (Wildman–Crippen LogP) is 0.481. The maximum atomic E-state index is 12.4. The fraction of sp³-hybridized carbons (Fsp3) is 0.389. The normalized spacial score (nSPS) is 14.9. The molecule has 1 aromatic heterocycles. The molecule has 3 rings (SSSR count). The van der Waals surface area contributed by atoms with Crippen molar-refractivity contribution in [3.63, 3.8) is 0 Å². The Morgan fingerprint density at radius 1 is 1.23 bits per heavy atom. The minimum atomic E-state index is -0.599. The smallest absolute Gasteiger partial charge is 0.328 e. The standard InChI is InChI=1S/C18H22N4O4/c1-21-17(24)13(11-19-18(21)25)16(23)20-12-7-9-22(10-8-12)14-5-3-4-6-15(14)26-2/h3-6,11-12H,7-10H2,1-2H3,(H,19,25)(H,20,23). The van der Waals surface area contributed by atoms with Crippen molar-refractivity contribution in [2.45, 2.75) is 18.9 Å². The number of carbonyl (C=O) groups is 1. The van der Waals surface area contributed by atoms with Gasteiger partial charge in [-0.3, -0.25) is 14.2 Å². The van der Waals surface area contributed by atoms with Crippen LogP contribution in [0.4, 0.5) is 5.69 Å². The summed E-state index contributed by atoms with van der Waals surface area (Å²) >= 11 is 0. The zero-order valence-corrected chi connectivity index (χ0v) is 14.8. The van der Waals surface area contributed by atoms with Crippen LogP contribution in [0.25, 0.3) is 0 Å². The molecule has 0 unspecified atom stereocenters. The number of aromatic nitrogens is 2. The molecular formula is C18H22N4O4. The van der Waals surface area contributed by atoms with Gasteiger partial charge in [-0.25, -0.2) is 4.79 Å². The number of aromatic amines is 1. The van der Waals surface area contributed by atoms with E-state index in [0.29, 0.717) is 0 Å². The van der Waals surface area contributed by atoms with Gasteiger partial charge < -0.3 is 19.9 Å². The molecule has 1 fully saturated rings. The van der Waals surface area contributed by atoms with Gasteiger partial charge in [-0.2, -0.15) is 0 Å². The minimum absolute atomic E-state index is 0.0231. The van der Waals surface area contributed by atoms with Gasteiger partial charge in [0.1, 0.15) is 11.3 Å². The zero-order chi connectivity index (χ0) is 18.7. The van der Waals surface area contributed by atoms with Gasteiger partial charge in [0.25, 0.3) is 11.5 Å². The van der Waals surface area contributed by atoms with Gasteiger partial charge in [-0.1, -0.05) is 12.1 Å². The summed E-state index contributed by atoms with van der Waals surface area (Å²) in [5, 5.41) is 2.89. The average molecular weight is 358 g/mol. The second-order valence-electron chi connectivity index (χ2n) is 6.28. The highest BCUT2D eigenvalue weighted by Crippen LogP contribution is 2.29. The van der Waals surface area contributed by atoms with Crippen LogP contribution in [-0.4, -0.2) is 41.7 Å². The molecule has 8 nitrogen and oxygen atoms in total. The second kappa shape index (κ2) is 7.47. The molecule has 138 valence electrons. The summed E-state index contributed by atoms with van der Waals surface area (Å²) in [5.74, 6) is 0.365. The number of piperidine rings is 1. The Kier molecular flexibility index (Phi) is 5.11. The lowest BCUT2D eigenvalue weighted by Crippen LogP contribution is -2.47. The van der Waals surface area contributed by atoms with E-state index in [-0.39, 0.29) is 11.6 Å². The van der Waals surface area contributed by atoms with Gasteiger partial charge in [0.2, 0.25) is 0 Å². The number of ether oxygens (including phenoxy) is 1. The van der Waals surface area contributed by atoms with Crippen LogP contribution in [0.1, 0.15) is 23.2 Å². The highest BCUT2D eigenvalue weighted by molar-refractivity contribution is 5.93. The maximum absolute atomic E-state index is 12.4. The number of hydrogen-bond donors (Lipinski definition) is 2. The number of nitrogens with zero attached hydrogens (tertiary/aromatic N) is 2. The summed E-state index contributed by atoms with van der Waals surface area (Å²) in [6.45, 7) is 1.55. The van der Waals surface area contributed by atoms with E-state index >= 15 is 0 Å². The summed E-state index contributed by atoms with van der Waals surface area (Å²) in [6, 6.07) is 7.82. The van der Waals surface area contributed by atoms with Gasteiger partial charge in [0.15, 0.2) is 0 Å². The van der Waals surface area contributed by atoms with Crippen molar-refractivity contribution in [3.8, 4) is 5.75 Å². The van der Waals surface area contributed by atoms with E-state index in [9.17, 15) is 14.4 Å². The molecule has 0 atom stereocenters. The maximum Gasteiger partial charge on any atom is 0.328 e. The molecule has 2 N–H and O–H groups in total. The van der Waals surface area contributed by atoms with Crippen molar-refractivity contribution >= 4 is 11.6 Å². The Morgan fingerprint density at radius 3 is 2.62 bits per heavy atom. The lowest BCUT2D eigenvalue weighted by Gasteiger charge is -2.34. The molecule has 26 heavy (non-hydrogen) atoms. The van der Waals surface area contributed by atoms with Crippen molar-refractivity contribution < 1.29 is 9.53 Å². The number of para-hydroxylation sites is 2. The number of carbonyl (C=O) groups excluding carboxylic acids is 1. The quantitative estimate of drug-likeness (QED) is 0.829. The third kappa shape index (κ3) is 3.49. The summed E-state index contributed by atoms with van der Waals surface area (Å²) < 4.78 is 6.29. The van der Waals surface area contributed by atoms with Crippen LogP contribution in [-0.2, 0) is 7.05 Å². The molecule has 1 amide bonds. The fourth-order valence-electron chi connectivity index (χ4n) is 3.15. The third-order valence-electron chi connectivity index (χ3n) is 4.68. The van der Waals surface area contributed by atoms with E-state index in [1.165, 1.54) is 13.2 Å². The molecule has 1 saturated heterocycles. The van der Waals surface area contributed by atoms with Crippen molar-refractivity contribution in [2.24, 2.45) is 7.05 Å². The van der Waals surface area contributed by atoms with Crippen LogP contribution in [0.5, 0.6) is 5.75 Å². The molecular weight excluding hydrogens is 336 g/mol. The molecule has 2 aromatic rings. The number of benzene rings is 1. The number of H-pyrrole nitrogens is 1. The van der Waals surface area contributed by atoms with Crippen molar-refractivity contribution in [2.75, 3.05) is 25.1 Å². The zero-order valence-electron chi connectivity index (χ0n) is 14.8. The van der Waals surface area contributed by atoms with Crippen LogP contribution in [0.3, 0.4) is 0 Å². The Morgan fingerprint density at radius 2 is 1.92 bits per heavy atom. The third-order valence-corrected chi connectivity index (χ3v) is 4.68. The van der Waals surface area contributed by atoms with E-state index in [0.717, 1.165) is 41.9 Å².